The monoisotopic (exact) mass is 457 g/mol. The van der Waals surface area contributed by atoms with Gasteiger partial charge in [0.25, 0.3) is 5.91 Å². The Hall–Kier alpha value is -2.51. The third-order valence-electron chi connectivity index (χ3n) is 5.83. The first kappa shape index (κ1) is 21.7. The van der Waals surface area contributed by atoms with Crippen molar-refractivity contribution in [1.82, 2.24) is 9.80 Å². The number of rotatable bonds is 4. The van der Waals surface area contributed by atoms with E-state index in [0.717, 1.165) is 10.6 Å². The smallest absolute Gasteiger partial charge is 0.253 e. The number of carbonyl (C=O) groups is 3. The zero-order valence-electron chi connectivity index (χ0n) is 17.3. The number of anilines is 1. The molecule has 0 radical (unpaired) electrons. The highest BCUT2D eigenvalue weighted by Crippen LogP contribution is 2.28. The summed E-state index contributed by atoms with van der Waals surface area (Å²) in [4.78, 5) is 44.6. The summed E-state index contributed by atoms with van der Waals surface area (Å²) in [5.74, 6) is -0.423. The van der Waals surface area contributed by atoms with Crippen molar-refractivity contribution in [3.05, 3.63) is 59.1 Å². The van der Waals surface area contributed by atoms with E-state index in [0.29, 0.717) is 43.3 Å². The Labute approximate surface area is 191 Å². The summed E-state index contributed by atoms with van der Waals surface area (Å²) >= 11 is 7.54. The standard InChI is InChI=1S/C23H24ClN3O3S/c1-31-20-8-6-19(7-9-20)27-15-17(14-21(27)28)23(30)26-12-10-25(11-13-26)22(29)16-2-4-18(24)5-3-16/h2-9,17H,10-15H2,1H3. The zero-order chi connectivity index (χ0) is 22.0. The SMILES string of the molecule is CSc1ccc(N2CC(C(=O)N3CCN(C(=O)c4ccc(Cl)cc4)CC3)CC2=O)cc1. The average Bonchev–Trinajstić information content (AvgIpc) is 3.20. The molecule has 1 unspecified atom stereocenters. The summed E-state index contributed by atoms with van der Waals surface area (Å²) in [5, 5.41) is 0.590. The van der Waals surface area contributed by atoms with Crippen LogP contribution in [0.25, 0.3) is 0 Å². The van der Waals surface area contributed by atoms with Gasteiger partial charge in [0.1, 0.15) is 0 Å². The van der Waals surface area contributed by atoms with E-state index < -0.39 is 0 Å². The van der Waals surface area contributed by atoms with Crippen LogP contribution in [0.15, 0.2) is 53.4 Å². The van der Waals surface area contributed by atoms with E-state index in [1.807, 2.05) is 30.5 Å². The molecule has 2 aromatic rings. The first-order chi connectivity index (χ1) is 15.0. The van der Waals surface area contributed by atoms with Gasteiger partial charge in [0.15, 0.2) is 0 Å². The predicted molar refractivity (Wildman–Crippen MR) is 123 cm³/mol. The minimum atomic E-state index is -0.341. The fourth-order valence-electron chi connectivity index (χ4n) is 4.05. The Morgan fingerprint density at radius 3 is 2.16 bits per heavy atom. The molecule has 6 nitrogen and oxygen atoms in total. The number of piperazine rings is 1. The number of benzene rings is 2. The lowest BCUT2D eigenvalue weighted by molar-refractivity contribution is -0.137. The van der Waals surface area contributed by atoms with Crippen LogP contribution in [-0.2, 0) is 9.59 Å². The average molecular weight is 458 g/mol. The van der Waals surface area contributed by atoms with Crippen molar-refractivity contribution in [1.29, 1.82) is 0 Å². The maximum Gasteiger partial charge on any atom is 0.253 e. The second-order valence-electron chi connectivity index (χ2n) is 7.73. The van der Waals surface area contributed by atoms with Gasteiger partial charge in [0.2, 0.25) is 11.8 Å². The van der Waals surface area contributed by atoms with Gasteiger partial charge < -0.3 is 14.7 Å². The summed E-state index contributed by atoms with van der Waals surface area (Å²) in [7, 11) is 0. The molecular formula is C23H24ClN3O3S. The maximum absolute atomic E-state index is 13.0. The second kappa shape index (κ2) is 9.32. The fraction of sp³-hybridized carbons (Fsp3) is 0.348. The molecule has 2 fully saturated rings. The molecule has 0 aliphatic carbocycles. The van der Waals surface area contributed by atoms with E-state index in [4.69, 9.17) is 11.6 Å². The molecule has 8 heteroatoms. The van der Waals surface area contributed by atoms with Crippen molar-refractivity contribution in [3.63, 3.8) is 0 Å². The molecular weight excluding hydrogens is 434 g/mol. The largest absolute Gasteiger partial charge is 0.339 e. The molecule has 2 heterocycles. The topological polar surface area (TPSA) is 60.9 Å². The number of thioether (sulfide) groups is 1. The van der Waals surface area contributed by atoms with E-state index in [-0.39, 0.29) is 30.1 Å². The van der Waals surface area contributed by atoms with E-state index >= 15 is 0 Å². The van der Waals surface area contributed by atoms with Crippen molar-refractivity contribution in [2.45, 2.75) is 11.3 Å². The molecule has 2 saturated heterocycles. The highest BCUT2D eigenvalue weighted by Gasteiger charge is 2.38. The van der Waals surface area contributed by atoms with Crippen LogP contribution >= 0.6 is 23.4 Å². The van der Waals surface area contributed by atoms with Crippen molar-refractivity contribution in [2.75, 3.05) is 43.9 Å². The van der Waals surface area contributed by atoms with Crippen LogP contribution in [0, 0.1) is 5.92 Å². The van der Waals surface area contributed by atoms with Crippen LogP contribution in [0.1, 0.15) is 16.8 Å². The molecule has 2 aliphatic heterocycles. The summed E-state index contributed by atoms with van der Waals surface area (Å²) in [6, 6.07) is 14.7. The number of nitrogens with zero attached hydrogens (tertiary/aromatic N) is 3. The van der Waals surface area contributed by atoms with Gasteiger partial charge in [-0.25, -0.2) is 0 Å². The van der Waals surface area contributed by atoms with E-state index in [9.17, 15) is 14.4 Å². The minimum Gasteiger partial charge on any atom is -0.339 e. The van der Waals surface area contributed by atoms with E-state index in [1.54, 1.807) is 50.7 Å². The number of halogens is 1. The lowest BCUT2D eigenvalue weighted by Crippen LogP contribution is -2.52. The molecule has 0 bridgehead atoms. The lowest BCUT2D eigenvalue weighted by atomic mass is 10.1. The highest BCUT2D eigenvalue weighted by atomic mass is 35.5. The van der Waals surface area contributed by atoms with Gasteiger partial charge in [0, 0.05) is 60.3 Å². The Balaban J connectivity index is 1.33. The van der Waals surface area contributed by atoms with Crippen molar-refractivity contribution >= 4 is 46.8 Å². The number of hydrogen-bond acceptors (Lipinski definition) is 4. The fourth-order valence-corrected chi connectivity index (χ4v) is 4.58. The molecule has 4 rings (SSSR count). The molecule has 0 aromatic heterocycles. The first-order valence-electron chi connectivity index (χ1n) is 10.2. The predicted octanol–water partition coefficient (Wildman–Crippen LogP) is 3.40. The van der Waals surface area contributed by atoms with Gasteiger partial charge in [-0.05, 0) is 54.8 Å². The quantitative estimate of drug-likeness (QED) is 0.660. The molecule has 0 spiro atoms. The van der Waals surface area contributed by atoms with Gasteiger partial charge in [-0.15, -0.1) is 11.8 Å². The van der Waals surface area contributed by atoms with Crippen LogP contribution < -0.4 is 4.90 Å². The molecule has 0 saturated carbocycles. The number of amides is 3. The van der Waals surface area contributed by atoms with Gasteiger partial charge in [-0.1, -0.05) is 11.6 Å². The number of carbonyl (C=O) groups excluding carboxylic acids is 3. The van der Waals surface area contributed by atoms with Crippen LogP contribution in [0.4, 0.5) is 5.69 Å². The van der Waals surface area contributed by atoms with Crippen LogP contribution in [0.5, 0.6) is 0 Å². The third kappa shape index (κ3) is 4.72. The molecule has 31 heavy (non-hydrogen) atoms. The van der Waals surface area contributed by atoms with Gasteiger partial charge in [-0.3, -0.25) is 14.4 Å². The normalized spacial score (nSPS) is 19.1. The first-order valence-corrected chi connectivity index (χ1v) is 11.8. The second-order valence-corrected chi connectivity index (χ2v) is 9.04. The summed E-state index contributed by atoms with van der Waals surface area (Å²) in [6.07, 6.45) is 2.24. The summed E-state index contributed by atoms with van der Waals surface area (Å²) in [6.45, 7) is 2.32. The van der Waals surface area contributed by atoms with Crippen LogP contribution in [0.3, 0.4) is 0 Å². The van der Waals surface area contributed by atoms with Gasteiger partial charge >= 0.3 is 0 Å². The Morgan fingerprint density at radius 2 is 1.55 bits per heavy atom. The summed E-state index contributed by atoms with van der Waals surface area (Å²) < 4.78 is 0. The van der Waals surface area contributed by atoms with Gasteiger partial charge in [-0.2, -0.15) is 0 Å². The Morgan fingerprint density at radius 1 is 0.935 bits per heavy atom. The third-order valence-corrected chi connectivity index (χ3v) is 6.82. The Kier molecular flexibility index (Phi) is 6.53. The molecule has 2 aromatic carbocycles. The molecule has 0 N–H and O–H groups in total. The maximum atomic E-state index is 13.0. The molecule has 3 amide bonds. The van der Waals surface area contributed by atoms with Crippen LogP contribution in [-0.4, -0.2) is 66.5 Å². The van der Waals surface area contributed by atoms with Gasteiger partial charge in [0.05, 0.1) is 5.92 Å². The number of hydrogen-bond donors (Lipinski definition) is 0. The molecule has 162 valence electrons. The Bertz CT molecular complexity index is 973. The van der Waals surface area contributed by atoms with Crippen molar-refractivity contribution in [2.24, 2.45) is 5.92 Å². The van der Waals surface area contributed by atoms with Crippen molar-refractivity contribution in [3.8, 4) is 0 Å². The summed E-state index contributed by atoms with van der Waals surface area (Å²) in [5.41, 5.74) is 1.42. The minimum absolute atomic E-state index is 0.00447. The van der Waals surface area contributed by atoms with Crippen LogP contribution in [0.2, 0.25) is 5.02 Å². The molecule has 2 aliphatic rings. The van der Waals surface area contributed by atoms with E-state index in [1.165, 1.54) is 0 Å². The molecule has 1 atom stereocenters. The van der Waals surface area contributed by atoms with Crippen molar-refractivity contribution < 1.29 is 14.4 Å². The zero-order valence-corrected chi connectivity index (χ0v) is 18.9. The lowest BCUT2D eigenvalue weighted by Gasteiger charge is -2.36. The highest BCUT2D eigenvalue weighted by molar-refractivity contribution is 7.98. The van der Waals surface area contributed by atoms with E-state index in [2.05, 4.69) is 0 Å².